The van der Waals surface area contributed by atoms with Crippen LogP contribution in [-0.4, -0.2) is 9.49 Å². The Morgan fingerprint density at radius 3 is 2.50 bits per heavy atom. The molecule has 128 valence electrons. The molecule has 0 amide bonds. The molecule has 0 spiro atoms. The first-order valence-corrected chi connectivity index (χ1v) is 7.68. The molecule has 0 fully saturated rings. The molecule has 0 bridgehead atoms. The summed E-state index contributed by atoms with van der Waals surface area (Å²) in [4.78, 5) is 22.7. The number of rotatable bonds is 5. The zero-order valence-electron chi connectivity index (χ0n) is 13.5. The van der Waals surface area contributed by atoms with Crippen molar-refractivity contribution in [2.24, 2.45) is 0 Å². The van der Waals surface area contributed by atoms with E-state index in [2.05, 4.69) is 0 Å². The molecule has 0 aliphatic heterocycles. The molecular weight excluding hydrogens is 334 g/mol. The number of nitrogens with zero attached hydrogens (tertiary/aromatic N) is 3. The highest BCUT2D eigenvalue weighted by Crippen LogP contribution is 2.25. The van der Waals surface area contributed by atoms with Crippen molar-refractivity contribution in [1.29, 1.82) is 5.26 Å². The van der Waals surface area contributed by atoms with Crippen LogP contribution in [0.2, 0.25) is 0 Å². The number of hydrogen-bond acceptors (Lipinski definition) is 5. The molecular formula is C19H13N3O4. The second-order valence-electron chi connectivity index (χ2n) is 5.44. The van der Waals surface area contributed by atoms with Gasteiger partial charge in [0.2, 0.25) is 0 Å². The van der Waals surface area contributed by atoms with Crippen molar-refractivity contribution in [3.05, 3.63) is 98.5 Å². The summed E-state index contributed by atoms with van der Waals surface area (Å²) in [6, 6.07) is 18.9. The van der Waals surface area contributed by atoms with Gasteiger partial charge in [-0.15, -0.1) is 0 Å². The second-order valence-corrected chi connectivity index (χ2v) is 5.44. The van der Waals surface area contributed by atoms with Crippen molar-refractivity contribution in [1.82, 2.24) is 4.57 Å². The lowest BCUT2D eigenvalue weighted by Crippen LogP contribution is -2.23. The highest BCUT2D eigenvalue weighted by Gasteiger charge is 2.15. The number of aromatic nitrogens is 1. The molecule has 2 aromatic carbocycles. The van der Waals surface area contributed by atoms with Gasteiger partial charge in [-0.05, 0) is 18.2 Å². The molecule has 0 unspecified atom stereocenters. The van der Waals surface area contributed by atoms with E-state index in [-0.39, 0.29) is 17.8 Å². The maximum absolute atomic E-state index is 12.3. The Morgan fingerprint density at radius 1 is 1.12 bits per heavy atom. The average Bonchev–Trinajstić information content (AvgIpc) is 2.65. The lowest BCUT2D eigenvalue weighted by Gasteiger charge is -2.12. The summed E-state index contributed by atoms with van der Waals surface area (Å²) in [5.74, 6) is 1.15. The third-order valence-electron chi connectivity index (χ3n) is 3.69. The molecule has 3 aromatic rings. The fourth-order valence-electron chi connectivity index (χ4n) is 2.45. The zero-order valence-corrected chi connectivity index (χ0v) is 13.5. The van der Waals surface area contributed by atoms with E-state index in [0.29, 0.717) is 17.1 Å². The molecule has 0 aliphatic carbocycles. The molecule has 7 nitrogen and oxygen atoms in total. The van der Waals surface area contributed by atoms with Crippen LogP contribution in [0.25, 0.3) is 0 Å². The topological polar surface area (TPSA) is 98.2 Å². The molecule has 0 N–H and O–H groups in total. The van der Waals surface area contributed by atoms with Crippen LogP contribution < -0.4 is 10.3 Å². The van der Waals surface area contributed by atoms with E-state index >= 15 is 0 Å². The Balaban J connectivity index is 2.00. The van der Waals surface area contributed by atoms with Gasteiger partial charge in [0.15, 0.2) is 0 Å². The van der Waals surface area contributed by atoms with Gasteiger partial charge in [-0.3, -0.25) is 14.9 Å². The maximum Gasteiger partial charge on any atom is 0.287 e. The van der Waals surface area contributed by atoms with Crippen LogP contribution in [0.4, 0.5) is 5.69 Å². The van der Waals surface area contributed by atoms with Gasteiger partial charge >= 0.3 is 0 Å². The molecule has 1 aromatic heterocycles. The van der Waals surface area contributed by atoms with E-state index in [0.717, 1.165) is 16.8 Å². The summed E-state index contributed by atoms with van der Waals surface area (Å²) in [6.45, 7) is 0.0399. The Bertz CT molecular complexity index is 1050. The summed E-state index contributed by atoms with van der Waals surface area (Å²) in [7, 11) is 0. The van der Waals surface area contributed by atoms with Gasteiger partial charge in [0.05, 0.1) is 17.7 Å². The summed E-state index contributed by atoms with van der Waals surface area (Å²) in [5, 5.41) is 20.1. The molecule has 0 saturated heterocycles. The van der Waals surface area contributed by atoms with Gasteiger partial charge in [-0.1, -0.05) is 36.4 Å². The van der Waals surface area contributed by atoms with Crippen molar-refractivity contribution >= 4 is 5.69 Å². The van der Waals surface area contributed by atoms with Crippen LogP contribution in [-0.2, 0) is 6.54 Å². The lowest BCUT2D eigenvalue weighted by molar-refractivity contribution is -0.385. The first-order valence-electron chi connectivity index (χ1n) is 7.68. The van der Waals surface area contributed by atoms with Crippen LogP contribution in [0.1, 0.15) is 11.1 Å². The second kappa shape index (κ2) is 7.32. The van der Waals surface area contributed by atoms with Crippen LogP contribution in [0.15, 0.2) is 71.7 Å². The summed E-state index contributed by atoms with van der Waals surface area (Å²) < 4.78 is 6.98. The number of nitro groups is 1. The van der Waals surface area contributed by atoms with Crippen LogP contribution in [0.3, 0.4) is 0 Å². The smallest absolute Gasteiger partial charge is 0.287 e. The van der Waals surface area contributed by atoms with Crippen LogP contribution >= 0.6 is 0 Å². The molecule has 0 saturated carbocycles. The average molecular weight is 347 g/mol. The first kappa shape index (κ1) is 16.9. The van der Waals surface area contributed by atoms with Crippen LogP contribution in [0, 0.1) is 21.4 Å². The van der Waals surface area contributed by atoms with Crippen molar-refractivity contribution in [2.45, 2.75) is 6.54 Å². The third-order valence-corrected chi connectivity index (χ3v) is 3.69. The monoisotopic (exact) mass is 347 g/mol. The third kappa shape index (κ3) is 3.60. The van der Waals surface area contributed by atoms with Crippen molar-refractivity contribution in [2.75, 3.05) is 0 Å². The minimum atomic E-state index is -0.636. The van der Waals surface area contributed by atoms with Gasteiger partial charge in [0.25, 0.3) is 11.2 Å². The standard InChI is InChI=1S/C19H13N3O4/c20-11-15-10-16(22(24)25)13-21(19(15)23)12-14-6-4-5-9-18(14)26-17-7-2-1-3-8-17/h1-10,13H,12H2. The number of benzene rings is 2. The van der Waals surface area contributed by atoms with E-state index in [9.17, 15) is 14.9 Å². The number of ether oxygens (including phenoxy) is 1. The van der Waals surface area contributed by atoms with Crippen molar-refractivity contribution < 1.29 is 9.66 Å². The SMILES string of the molecule is N#Cc1cc([N+](=O)[O-])cn(Cc2ccccc2Oc2ccccc2)c1=O. The Hall–Kier alpha value is -3.92. The van der Waals surface area contributed by atoms with E-state index in [1.54, 1.807) is 42.5 Å². The van der Waals surface area contributed by atoms with E-state index in [1.807, 2.05) is 18.2 Å². The molecule has 0 radical (unpaired) electrons. The first-order chi connectivity index (χ1) is 12.6. The zero-order chi connectivity index (χ0) is 18.5. The molecule has 26 heavy (non-hydrogen) atoms. The van der Waals surface area contributed by atoms with Gasteiger partial charge in [-0.2, -0.15) is 5.26 Å². The lowest BCUT2D eigenvalue weighted by atomic mass is 10.2. The Kier molecular flexibility index (Phi) is 4.76. The summed E-state index contributed by atoms with van der Waals surface area (Å²) in [5.41, 5.74) is -0.529. The quantitative estimate of drug-likeness (QED) is 0.520. The van der Waals surface area contributed by atoms with Crippen molar-refractivity contribution in [3.8, 4) is 17.6 Å². The minimum Gasteiger partial charge on any atom is -0.457 e. The maximum atomic E-state index is 12.3. The van der Waals surface area contributed by atoms with Gasteiger partial charge in [0.1, 0.15) is 23.1 Å². The molecule has 1 heterocycles. The molecule has 3 rings (SSSR count). The summed E-state index contributed by atoms with van der Waals surface area (Å²) >= 11 is 0. The van der Waals surface area contributed by atoms with E-state index in [4.69, 9.17) is 10.00 Å². The highest BCUT2D eigenvalue weighted by molar-refractivity contribution is 5.40. The number of nitriles is 1. The van der Waals surface area contributed by atoms with Crippen LogP contribution in [0.5, 0.6) is 11.5 Å². The fourth-order valence-corrected chi connectivity index (χ4v) is 2.45. The molecule has 0 atom stereocenters. The van der Waals surface area contributed by atoms with Gasteiger partial charge in [-0.25, -0.2) is 0 Å². The fraction of sp³-hybridized carbons (Fsp3) is 0.0526. The van der Waals surface area contributed by atoms with Gasteiger partial charge in [0, 0.05) is 11.6 Å². The largest absolute Gasteiger partial charge is 0.457 e. The minimum absolute atomic E-state index is 0.0399. The Morgan fingerprint density at radius 2 is 1.81 bits per heavy atom. The van der Waals surface area contributed by atoms with E-state index in [1.165, 1.54) is 0 Å². The number of para-hydroxylation sites is 2. The Labute approximate surface area is 148 Å². The normalized spacial score (nSPS) is 10.1. The van der Waals surface area contributed by atoms with E-state index < -0.39 is 10.5 Å². The summed E-state index contributed by atoms with van der Waals surface area (Å²) in [6.07, 6.45) is 1.13. The van der Waals surface area contributed by atoms with Gasteiger partial charge < -0.3 is 9.30 Å². The number of pyridine rings is 1. The van der Waals surface area contributed by atoms with Crippen molar-refractivity contribution in [3.63, 3.8) is 0 Å². The molecule has 0 aliphatic rings. The predicted molar refractivity (Wildman–Crippen MR) is 94.1 cm³/mol. The predicted octanol–water partition coefficient (Wildman–Crippen LogP) is 3.47. The highest BCUT2D eigenvalue weighted by atomic mass is 16.6. The molecule has 7 heteroatoms. The number of hydrogen-bond donors (Lipinski definition) is 0.